The predicted molar refractivity (Wildman–Crippen MR) is 107 cm³/mol. The van der Waals surface area contributed by atoms with Gasteiger partial charge in [-0.25, -0.2) is 0 Å². The highest BCUT2D eigenvalue weighted by molar-refractivity contribution is 5.26. The van der Waals surface area contributed by atoms with Gasteiger partial charge in [0.1, 0.15) is 0 Å². The number of hydrogen-bond acceptors (Lipinski definition) is 4. The Morgan fingerprint density at radius 3 is 2.15 bits per heavy atom. The van der Waals surface area contributed by atoms with E-state index in [0.717, 1.165) is 44.8 Å². The molecule has 3 fully saturated rings. The van der Waals surface area contributed by atoms with Crippen molar-refractivity contribution in [2.24, 2.45) is 0 Å². The average molecular weight is 358 g/mol. The summed E-state index contributed by atoms with van der Waals surface area (Å²) in [6.45, 7) is 10.2. The molecule has 144 valence electrons. The number of likely N-dealkylation sites (tertiary alicyclic amines) is 2. The van der Waals surface area contributed by atoms with Gasteiger partial charge in [-0.2, -0.15) is 0 Å². The topological polar surface area (TPSA) is 19.0 Å². The molecule has 0 saturated carbocycles. The SMILES string of the molecule is CN1CCC(c2ccc(CN3CCC(N4CCOCC4)CC3)cc2)CC1. The highest BCUT2D eigenvalue weighted by Crippen LogP contribution is 2.28. The van der Waals surface area contributed by atoms with E-state index in [1.54, 1.807) is 5.56 Å². The number of rotatable bonds is 4. The molecule has 3 aliphatic rings. The first-order valence-electron chi connectivity index (χ1n) is 10.6. The van der Waals surface area contributed by atoms with Crippen molar-refractivity contribution in [2.75, 3.05) is 59.5 Å². The van der Waals surface area contributed by atoms with Gasteiger partial charge in [0.05, 0.1) is 13.2 Å². The van der Waals surface area contributed by atoms with Crippen LogP contribution in [0, 0.1) is 0 Å². The number of piperidine rings is 2. The van der Waals surface area contributed by atoms with E-state index >= 15 is 0 Å². The second-order valence-electron chi connectivity index (χ2n) is 8.47. The fraction of sp³-hybridized carbons (Fsp3) is 0.727. The molecule has 0 atom stereocenters. The lowest BCUT2D eigenvalue weighted by Crippen LogP contribution is -2.48. The molecule has 0 radical (unpaired) electrons. The molecule has 0 spiro atoms. The van der Waals surface area contributed by atoms with Crippen LogP contribution < -0.4 is 0 Å². The molecule has 3 aliphatic heterocycles. The van der Waals surface area contributed by atoms with Crippen molar-refractivity contribution >= 4 is 0 Å². The predicted octanol–water partition coefficient (Wildman–Crippen LogP) is 2.79. The highest BCUT2D eigenvalue weighted by atomic mass is 16.5. The van der Waals surface area contributed by atoms with Gasteiger partial charge in [-0.1, -0.05) is 24.3 Å². The number of nitrogens with zero attached hydrogens (tertiary/aromatic N) is 3. The molecule has 26 heavy (non-hydrogen) atoms. The summed E-state index contributed by atoms with van der Waals surface area (Å²) >= 11 is 0. The van der Waals surface area contributed by atoms with E-state index in [1.165, 1.54) is 57.4 Å². The van der Waals surface area contributed by atoms with Crippen molar-refractivity contribution in [3.63, 3.8) is 0 Å². The standard InChI is InChI=1S/C22H35N3O/c1-23-10-6-21(7-11-23)20-4-2-19(3-5-20)18-24-12-8-22(9-13-24)25-14-16-26-17-15-25/h2-5,21-22H,6-18H2,1H3. The molecule has 0 unspecified atom stereocenters. The summed E-state index contributed by atoms with van der Waals surface area (Å²) in [6, 6.07) is 10.3. The lowest BCUT2D eigenvalue weighted by Gasteiger charge is -2.40. The van der Waals surface area contributed by atoms with Gasteiger partial charge in [0.15, 0.2) is 0 Å². The van der Waals surface area contributed by atoms with Crippen LogP contribution in [0.1, 0.15) is 42.7 Å². The van der Waals surface area contributed by atoms with Crippen LogP contribution in [-0.2, 0) is 11.3 Å². The van der Waals surface area contributed by atoms with Crippen LogP contribution in [0.5, 0.6) is 0 Å². The molecule has 0 aromatic heterocycles. The minimum Gasteiger partial charge on any atom is -0.379 e. The molecule has 3 heterocycles. The summed E-state index contributed by atoms with van der Waals surface area (Å²) in [5, 5.41) is 0. The molecular formula is C22H35N3O. The first kappa shape index (κ1) is 18.4. The van der Waals surface area contributed by atoms with Gasteiger partial charge in [0.2, 0.25) is 0 Å². The third kappa shape index (κ3) is 4.66. The Kier molecular flexibility index (Phi) is 6.26. The average Bonchev–Trinajstić information content (AvgIpc) is 2.71. The van der Waals surface area contributed by atoms with Crippen molar-refractivity contribution < 1.29 is 4.74 Å². The normalized spacial score (nSPS) is 25.6. The smallest absolute Gasteiger partial charge is 0.0594 e. The van der Waals surface area contributed by atoms with Gasteiger partial charge in [0, 0.05) is 25.7 Å². The molecule has 4 nitrogen and oxygen atoms in total. The number of benzene rings is 1. The van der Waals surface area contributed by atoms with E-state index < -0.39 is 0 Å². The first-order valence-corrected chi connectivity index (χ1v) is 10.6. The molecule has 1 aromatic carbocycles. The molecule has 0 N–H and O–H groups in total. The molecule has 4 rings (SSSR count). The van der Waals surface area contributed by atoms with Gasteiger partial charge < -0.3 is 9.64 Å². The van der Waals surface area contributed by atoms with Crippen LogP contribution in [0.3, 0.4) is 0 Å². The van der Waals surface area contributed by atoms with E-state index in [-0.39, 0.29) is 0 Å². The zero-order valence-electron chi connectivity index (χ0n) is 16.4. The Balaban J connectivity index is 1.24. The lowest BCUT2D eigenvalue weighted by atomic mass is 9.89. The van der Waals surface area contributed by atoms with E-state index in [1.807, 2.05) is 0 Å². The zero-order valence-corrected chi connectivity index (χ0v) is 16.4. The van der Waals surface area contributed by atoms with Crippen LogP contribution in [0.25, 0.3) is 0 Å². The Morgan fingerprint density at radius 1 is 0.846 bits per heavy atom. The maximum atomic E-state index is 5.49. The Labute approximate surface area is 159 Å². The van der Waals surface area contributed by atoms with Crippen molar-refractivity contribution in [3.05, 3.63) is 35.4 Å². The zero-order chi connectivity index (χ0) is 17.8. The number of morpholine rings is 1. The fourth-order valence-corrected chi connectivity index (χ4v) is 4.88. The summed E-state index contributed by atoms with van der Waals surface area (Å²) in [6.07, 6.45) is 5.25. The Bertz CT molecular complexity index is 539. The van der Waals surface area contributed by atoms with Gasteiger partial charge in [-0.05, 0) is 76.0 Å². The Hall–Kier alpha value is -0.940. The molecule has 4 heteroatoms. The minimum absolute atomic E-state index is 0.768. The quantitative estimate of drug-likeness (QED) is 0.825. The van der Waals surface area contributed by atoms with Gasteiger partial charge in [-0.15, -0.1) is 0 Å². The molecule has 0 amide bonds. The van der Waals surface area contributed by atoms with Crippen LogP contribution in [0.2, 0.25) is 0 Å². The van der Waals surface area contributed by atoms with E-state index in [4.69, 9.17) is 4.74 Å². The van der Waals surface area contributed by atoms with Crippen LogP contribution in [0.4, 0.5) is 0 Å². The first-order chi connectivity index (χ1) is 12.8. The van der Waals surface area contributed by atoms with E-state index in [9.17, 15) is 0 Å². The monoisotopic (exact) mass is 357 g/mol. The van der Waals surface area contributed by atoms with Crippen molar-refractivity contribution in [3.8, 4) is 0 Å². The van der Waals surface area contributed by atoms with Gasteiger partial charge in [0.25, 0.3) is 0 Å². The molecule has 1 aromatic rings. The maximum Gasteiger partial charge on any atom is 0.0594 e. The van der Waals surface area contributed by atoms with Crippen molar-refractivity contribution in [2.45, 2.75) is 44.2 Å². The van der Waals surface area contributed by atoms with E-state index in [2.05, 4.69) is 46.0 Å². The third-order valence-corrected chi connectivity index (χ3v) is 6.70. The van der Waals surface area contributed by atoms with Crippen LogP contribution >= 0.6 is 0 Å². The highest BCUT2D eigenvalue weighted by Gasteiger charge is 2.25. The lowest BCUT2D eigenvalue weighted by molar-refractivity contribution is 0.000230. The number of hydrogen-bond donors (Lipinski definition) is 0. The van der Waals surface area contributed by atoms with E-state index in [0.29, 0.717) is 0 Å². The largest absolute Gasteiger partial charge is 0.379 e. The summed E-state index contributed by atoms with van der Waals surface area (Å²) < 4.78 is 5.49. The van der Waals surface area contributed by atoms with Gasteiger partial charge in [-0.3, -0.25) is 9.80 Å². The molecule has 3 saturated heterocycles. The summed E-state index contributed by atoms with van der Waals surface area (Å²) in [5.74, 6) is 0.768. The summed E-state index contributed by atoms with van der Waals surface area (Å²) in [5.41, 5.74) is 3.03. The summed E-state index contributed by atoms with van der Waals surface area (Å²) in [7, 11) is 2.24. The maximum absolute atomic E-state index is 5.49. The second kappa shape index (κ2) is 8.83. The van der Waals surface area contributed by atoms with Crippen molar-refractivity contribution in [1.29, 1.82) is 0 Å². The van der Waals surface area contributed by atoms with Gasteiger partial charge >= 0.3 is 0 Å². The van der Waals surface area contributed by atoms with Crippen LogP contribution in [-0.4, -0.2) is 80.3 Å². The minimum atomic E-state index is 0.768. The van der Waals surface area contributed by atoms with Crippen LogP contribution in [0.15, 0.2) is 24.3 Å². The fourth-order valence-electron chi connectivity index (χ4n) is 4.88. The van der Waals surface area contributed by atoms with Crippen molar-refractivity contribution in [1.82, 2.24) is 14.7 Å². The third-order valence-electron chi connectivity index (χ3n) is 6.70. The Morgan fingerprint density at radius 2 is 1.50 bits per heavy atom. The summed E-state index contributed by atoms with van der Waals surface area (Å²) in [4.78, 5) is 7.74. The molecule has 0 aliphatic carbocycles. The number of ether oxygens (including phenoxy) is 1. The molecular weight excluding hydrogens is 322 g/mol. The second-order valence-corrected chi connectivity index (χ2v) is 8.47. The molecule has 0 bridgehead atoms.